The SMILES string of the molecule is Cc1cc(CNCC(C)C)cnc1C(C)C. The van der Waals surface area contributed by atoms with Gasteiger partial charge < -0.3 is 5.32 Å². The summed E-state index contributed by atoms with van der Waals surface area (Å²) in [7, 11) is 0. The minimum Gasteiger partial charge on any atom is -0.312 e. The van der Waals surface area contributed by atoms with Gasteiger partial charge in [-0.2, -0.15) is 0 Å². The number of nitrogens with zero attached hydrogens (tertiary/aromatic N) is 1. The van der Waals surface area contributed by atoms with Crippen LogP contribution in [0.15, 0.2) is 12.3 Å². The lowest BCUT2D eigenvalue weighted by Gasteiger charge is -2.11. The van der Waals surface area contributed by atoms with E-state index in [9.17, 15) is 0 Å². The van der Waals surface area contributed by atoms with Gasteiger partial charge in [-0.3, -0.25) is 4.98 Å². The number of hydrogen-bond acceptors (Lipinski definition) is 2. The van der Waals surface area contributed by atoms with E-state index in [-0.39, 0.29) is 0 Å². The number of pyridine rings is 1. The smallest absolute Gasteiger partial charge is 0.0458 e. The van der Waals surface area contributed by atoms with Crippen LogP contribution in [0.2, 0.25) is 0 Å². The van der Waals surface area contributed by atoms with Crippen molar-refractivity contribution in [1.82, 2.24) is 10.3 Å². The van der Waals surface area contributed by atoms with Gasteiger partial charge in [-0.05, 0) is 36.4 Å². The van der Waals surface area contributed by atoms with E-state index in [0.717, 1.165) is 13.1 Å². The molecule has 1 aromatic heterocycles. The van der Waals surface area contributed by atoms with Gasteiger partial charge in [-0.25, -0.2) is 0 Å². The normalized spacial score (nSPS) is 11.4. The van der Waals surface area contributed by atoms with Crippen LogP contribution in [0.1, 0.15) is 50.4 Å². The Balaban J connectivity index is 2.59. The number of hydrogen-bond donors (Lipinski definition) is 1. The molecule has 1 heterocycles. The Labute approximate surface area is 99.5 Å². The number of aryl methyl sites for hydroxylation is 1. The van der Waals surface area contributed by atoms with Crippen LogP contribution in [0, 0.1) is 12.8 Å². The quantitative estimate of drug-likeness (QED) is 0.824. The van der Waals surface area contributed by atoms with Gasteiger partial charge in [0.1, 0.15) is 0 Å². The summed E-state index contributed by atoms with van der Waals surface area (Å²) < 4.78 is 0. The lowest BCUT2D eigenvalue weighted by atomic mass is 10.0. The summed E-state index contributed by atoms with van der Waals surface area (Å²) in [5.41, 5.74) is 3.80. The molecule has 0 radical (unpaired) electrons. The lowest BCUT2D eigenvalue weighted by Crippen LogP contribution is -2.19. The molecule has 16 heavy (non-hydrogen) atoms. The van der Waals surface area contributed by atoms with Crippen LogP contribution in [0.25, 0.3) is 0 Å². The van der Waals surface area contributed by atoms with Crippen LogP contribution in [-0.4, -0.2) is 11.5 Å². The van der Waals surface area contributed by atoms with E-state index in [1.807, 2.05) is 6.20 Å². The van der Waals surface area contributed by atoms with Crippen LogP contribution in [0.5, 0.6) is 0 Å². The van der Waals surface area contributed by atoms with Crippen molar-refractivity contribution in [1.29, 1.82) is 0 Å². The number of rotatable bonds is 5. The first kappa shape index (κ1) is 13.2. The van der Waals surface area contributed by atoms with E-state index in [0.29, 0.717) is 11.8 Å². The summed E-state index contributed by atoms with van der Waals surface area (Å²) in [4.78, 5) is 4.54. The van der Waals surface area contributed by atoms with E-state index in [4.69, 9.17) is 0 Å². The van der Waals surface area contributed by atoms with Crippen molar-refractivity contribution in [3.05, 3.63) is 29.1 Å². The monoisotopic (exact) mass is 220 g/mol. The summed E-state index contributed by atoms with van der Waals surface area (Å²) in [5, 5.41) is 3.44. The molecule has 0 aliphatic carbocycles. The zero-order valence-electron chi connectivity index (χ0n) is 11.2. The Hall–Kier alpha value is -0.890. The third-order valence-electron chi connectivity index (χ3n) is 2.60. The highest BCUT2D eigenvalue weighted by Gasteiger charge is 2.05. The molecule has 0 bridgehead atoms. The summed E-state index contributed by atoms with van der Waals surface area (Å²) >= 11 is 0. The van der Waals surface area contributed by atoms with Gasteiger partial charge in [0.15, 0.2) is 0 Å². The first-order valence-corrected chi connectivity index (χ1v) is 6.16. The third-order valence-corrected chi connectivity index (χ3v) is 2.60. The number of nitrogens with one attached hydrogen (secondary N) is 1. The second-order valence-corrected chi connectivity index (χ2v) is 5.23. The molecule has 1 N–H and O–H groups in total. The van der Waals surface area contributed by atoms with Crippen molar-refractivity contribution in [2.24, 2.45) is 5.92 Å². The summed E-state index contributed by atoms with van der Waals surface area (Å²) in [6, 6.07) is 2.25. The molecule has 0 saturated heterocycles. The van der Waals surface area contributed by atoms with Crippen LogP contribution >= 0.6 is 0 Å². The van der Waals surface area contributed by atoms with Gasteiger partial charge >= 0.3 is 0 Å². The molecule has 0 fully saturated rings. The molecule has 0 saturated carbocycles. The van der Waals surface area contributed by atoms with Gasteiger partial charge in [-0.15, -0.1) is 0 Å². The van der Waals surface area contributed by atoms with E-state index in [2.05, 4.69) is 51.0 Å². The highest BCUT2D eigenvalue weighted by atomic mass is 14.9. The molecule has 0 unspecified atom stereocenters. The molecule has 0 atom stereocenters. The van der Waals surface area contributed by atoms with Crippen LogP contribution in [-0.2, 0) is 6.54 Å². The van der Waals surface area contributed by atoms with E-state index >= 15 is 0 Å². The predicted octanol–water partition coefficient (Wildman–Crippen LogP) is 3.26. The van der Waals surface area contributed by atoms with Crippen LogP contribution in [0.4, 0.5) is 0 Å². The Kier molecular flexibility index (Phi) is 4.94. The van der Waals surface area contributed by atoms with Crippen molar-refractivity contribution < 1.29 is 0 Å². The van der Waals surface area contributed by atoms with Crippen molar-refractivity contribution in [2.45, 2.75) is 47.1 Å². The van der Waals surface area contributed by atoms with Crippen molar-refractivity contribution in [2.75, 3.05) is 6.54 Å². The fraction of sp³-hybridized carbons (Fsp3) is 0.643. The second-order valence-electron chi connectivity index (χ2n) is 5.23. The van der Waals surface area contributed by atoms with Gasteiger partial charge in [0.2, 0.25) is 0 Å². The Morgan fingerprint density at radius 2 is 1.94 bits per heavy atom. The molecule has 90 valence electrons. The maximum absolute atomic E-state index is 4.54. The average molecular weight is 220 g/mol. The summed E-state index contributed by atoms with van der Waals surface area (Å²) in [5.74, 6) is 1.21. The number of aromatic nitrogens is 1. The molecule has 0 spiro atoms. The fourth-order valence-electron chi connectivity index (χ4n) is 1.85. The van der Waals surface area contributed by atoms with Crippen molar-refractivity contribution in [3.63, 3.8) is 0 Å². The van der Waals surface area contributed by atoms with Crippen molar-refractivity contribution >= 4 is 0 Å². The van der Waals surface area contributed by atoms with E-state index in [1.54, 1.807) is 0 Å². The van der Waals surface area contributed by atoms with Gasteiger partial charge in [0, 0.05) is 18.4 Å². The molecule has 0 aromatic carbocycles. The molecule has 0 aliphatic heterocycles. The Morgan fingerprint density at radius 1 is 1.25 bits per heavy atom. The van der Waals surface area contributed by atoms with Gasteiger partial charge in [0.25, 0.3) is 0 Å². The predicted molar refractivity (Wildman–Crippen MR) is 69.6 cm³/mol. The largest absolute Gasteiger partial charge is 0.312 e. The molecule has 0 amide bonds. The third kappa shape index (κ3) is 3.93. The second kappa shape index (κ2) is 6.00. The van der Waals surface area contributed by atoms with Crippen LogP contribution in [0.3, 0.4) is 0 Å². The zero-order valence-corrected chi connectivity index (χ0v) is 11.2. The van der Waals surface area contributed by atoms with E-state index in [1.165, 1.54) is 16.8 Å². The average Bonchev–Trinajstić information content (AvgIpc) is 2.16. The first-order valence-electron chi connectivity index (χ1n) is 6.16. The highest BCUT2D eigenvalue weighted by molar-refractivity contribution is 5.25. The van der Waals surface area contributed by atoms with Gasteiger partial charge in [0.05, 0.1) is 0 Å². The lowest BCUT2D eigenvalue weighted by molar-refractivity contribution is 0.551. The fourth-order valence-corrected chi connectivity index (χ4v) is 1.85. The highest BCUT2D eigenvalue weighted by Crippen LogP contribution is 2.16. The summed E-state index contributed by atoms with van der Waals surface area (Å²) in [6.45, 7) is 12.9. The van der Waals surface area contributed by atoms with E-state index < -0.39 is 0 Å². The molecule has 0 aliphatic rings. The van der Waals surface area contributed by atoms with Crippen LogP contribution < -0.4 is 5.32 Å². The van der Waals surface area contributed by atoms with Crippen molar-refractivity contribution in [3.8, 4) is 0 Å². The molecule has 2 heteroatoms. The first-order chi connectivity index (χ1) is 7.50. The standard InChI is InChI=1S/C14H24N2/c1-10(2)7-15-8-13-6-12(5)14(11(3)4)16-9-13/h6,9-11,15H,7-8H2,1-5H3. The minimum absolute atomic E-state index is 0.512. The molecular formula is C14H24N2. The Bertz CT molecular complexity index is 330. The van der Waals surface area contributed by atoms with Gasteiger partial charge in [-0.1, -0.05) is 33.8 Å². The molecule has 2 nitrogen and oxygen atoms in total. The molecule has 1 aromatic rings. The molecular weight excluding hydrogens is 196 g/mol. The maximum Gasteiger partial charge on any atom is 0.0458 e. The summed E-state index contributed by atoms with van der Waals surface area (Å²) in [6.07, 6.45) is 2.00. The Morgan fingerprint density at radius 3 is 2.44 bits per heavy atom. The minimum atomic E-state index is 0.512. The maximum atomic E-state index is 4.54. The zero-order chi connectivity index (χ0) is 12.1. The molecule has 1 rings (SSSR count). The topological polar surface area (TPSA) is 24.9 Å².